The van der Waals surface area contributed by atoms with Crippen molar-refractivity contribution in [2.24, 2.45) is 0 Å². The highest BCUT2D eigenvalue weighted by molar-refractivity contribution is 5.56. The minimum Gasteiger partial charge on any atom is -0.493 e. The number of rotatable bonds is 6. The second-order valence-corrected chi connectivity index (χ2v) is 7.11. The van der Waals surface area contributed by atoms with E-state index in [9.17, 15) is 0 Å². The second-order valence-electron chi connectivity index (χ2n) is 7.11. The van der Waals surface area contributed by atoms with E-state index in [2.05, 4.69) is 54.0 Å². The van der Waals surface area contributed by atoms with Crippen LogP contribution in [-0.2, 0) is 6.54 Å². The Balaban J connectivity index is 1.72. The Hall–Kier alpha value is -2.40. The molecule has 146 valence electrons. The van der Waals surface area contributed by atoms with Crippen LogP contribution in [0.15, 0.2) is 36.4 Å². The van der Waals surface area contributed by atoms with E-state index in [0.29, 0.717) is 17.5 Å². The topological polar surface area (TPSA) is 34.2 Å². The van der Waals surface area contributed by atoms with Crippen LogP contribution in [-0.4, -0.2) is 51.9 Å². The molecular weight excluding hydrogens is 340 g/mol. The summed E-state index contributed by atoms with van der Waals surface area (Å²) in [6, 6.07) is 13.3. The van der Waals surface area contributed by atoms with E-state index in [4.69, 9.17) is 14.2 Å². The van der Waals surface area contributed by atoms with Crippen LogP contribution in [0, 0.1) is 6.92 Å². The van der Waals surface area contributed by atoms with Crippen LogP contribution < -0.4 is 19.1 Å². The lowest BCUT2D eigenvalue weighted by molar-refractivity contribution is 0.217. The second kappa shape index (κ2) is 8.53. The third-order valence-electron chi connectivity index (χ3n) is 5.26. The summed E-state index contributed by atoms with van der Waals surface area (Å²) >= 11 is 0. The molecule has 27 heavy (non-hydrogen) atoms. The maximum Gasteiger partial charge on any atom is 0.203 e. The van der Waals surface area contributed by atoms with Gasteiger partial charge < -0.3 is 19.1 Å². The van der Waals surface area contributed by atoms with Crippen LogP contribution in [0.1, 0.15) is 18.1 Å². The number of nitrogens with zero attached hydrogens (tertiary/aromatic N) is 2. The van der Waals surface area contributed by atoms with Gasteiger partial charge in [0.25, 0.3) is 0 Å². The van der Waals surface area contributed by atoms with Gasteiger partial charge in [0.05, 0.1) is 21.3 Å². The fourth-order valence-corrected chi connectivity index (χ4v) is 3.83. The predicted octanol–water partition coefficient (Wildman–Crippen LogP) is 3.73. The molecule has 5 heteroatoms. The zero-order chi connectivity index (χ0) is 19.4. The zero-order valence-corrected chi connectivity index (χ0v) is 17.0. The number of hydrogen-bond acceptors (Lipinski definition) is 5. The third-order valence-corrected chi connectivity index (χ3v) is 5.26. The van der Waals surface area contributed by atoms with Gasteiger partial charge in [-0.15, -0.1) is 0 Å². The molecule has 1 heterocycles. The van der Waals surface area contributed by atoms with E-state index in [-0.39, 0.29) is 0 Å². The van der Waals surface area contributed by atoms with Crippen molar-refractivity contribution in [1.82, 2.24) is 4.90 Å². The van der Waals surface area contributed by atoms with Crippen molar-refractivity contribution in [1.29, 1.82) is 0 Å². The number of benzene rings is 2. The third kappa shape index (κ3) is 4.14. The van der Waals surface area contributed by atoms with Gasteiger partial charge in [0.1, 0.15) is 0 Å². The van der Waals surface area contributed by atoms with Gasteiger partial charge in [0.15, 0.2) is 11.5 Å². The quantitative estimate of drug-likeness (QED) is 0.774. The fourth-order valence-electron chi connectivity index (χ4n) is 3.83. The minimum absolute atomic E-state index is 0.451. The van der Waals surface area contributed by atoms with Gasteiger partial charge in [-0.1, -0.05) is 23.8 Å². The molecule has 0 bridgehead atoms. The maximum absolute atomic E-state index is 5.64. The van der Waals surface area contributed by atoms with Crippen LogP contribution in [0.3, 0.4) is 0 Å². The number of anilines is 1. The Morgan fingerprint density at radius 3 is 2.19 bits per heavy atom. The van der Waals surface area contributed by atoms with Gasteiger partial charge in [0, 0.05) is 43.5 Å². The number of methoxy groups -OCH3 is 3. The Bertz CT molecular complexity index is 761. The Labute approximate surface area is 162 Å². The summed E-state index contributed by atoms with van der Waals surface area (Å²) < 4.78 is 16.5. The molecule has 0 N–H and O–H groups in total. The summed E-state index contributed by atoms with van der Waals surface area (Å²) in [7, 11) is 4.97. The number of aryl methyl sites for hydroxylation is 1. The molecule has 0 aliphatic carbocycles. The maximum atomic E-state index is 5.64. The first-order valence-corrected chi connectivity index (χ1v) is 9.41. The zero-order valence-electron chi connectivity index (χ0n) is 17.0. The molecule has 1 atom stereocenters. The van der Waals surface area contributed by atoms with Crippen LogP contribution in [0.2, 0.25) is 0 Å². The fraction of sp³-hybridized carbons (Fsp3) is 0.455. The number of ether oxygens (including phenoxy) is 3. The Kier molecular flexibility index (Phi) is 6.11. The molecule has 1 unspecified atom stereocenters. The lowest BCUT2D eigenvalue weighted by Crippen LogP contribution is -2.51. The van der Waals surface area contributed by atoms with E-state index in [0.717, 1.165) is 37.5 Å². The molecular formula is C22H30N2O3. The molecule has 0 spiro atoms. The van der Waals surface area contributed by atoms with Crippen molar-refractivity contribution in [2.75, 3.05) is 45.9 Å². The van der Waals surface area contributed by atoms with Gasteiger partial charge in [-0.25, -0.2) is 0 Å². The predicted molar refractivity (Wildman–Crippen MR) is 109 cm³/mol. The van der Waals surface area contributed by atoms with Crippen LogP contribution >= 0.6 is 0 Å². The van der Waals surface area contributed by atoms with Crippen molar-refractivity contribution in [2.45, 2.75) is 26.4 Å². The first-order chi connectivity index (χ1) is 13.1. The molecule has 2 aromatic carbocycles. The summed E-state index contributed by atoms with van der Waals surface area (Å²) in [5.41, 5.74) is 3.72. The largest absolute Gasteiger partial charge is 0.493 e. The number of piperazine rings is 1. The van der Waals surface area contributed by atoms with Crippen molar-refractivity contribution >= 4 is 5.69 Å². The smallest absolute Gasteiger partial charge is 0.203 e. The SMILES string of the molecule is COc1ccc(CN2CCN(c3ccc(C)cc3)C(C)C2)c(OC)c1OC. The minimum atomic E-state index is 0.451. The summed E-state index contributed by atoms with van der Waals surface area (Å²) in [6.45, 7) is 8.27. The molecule has 1 saturated heterocycles. The standard InChI is InChI=1S/C22H30N2O3/c1-16-6-9-19(10-7-16)24-13-12-23(14-17(24)2)15-18-8-11-20(25-3)22(27-5)21(18)26-4/h6-11,17H,12-15H2,1-5H3. The summed E-state index contributed by atoms with van der Waals surface area (Å²) in [5, 5.41) is 0. The average Bonchev–Trinajstić information content (AvgIpc) is 2.68. The average molecular weight is 370 g/mol. The normalized spacial score (nSPS) is 17.7. The van der Waals surface area contributed by atoms with Gasteiger partial charge in [-0.2, -0.15) is 0 Å². The van der Waals surface area contributed by atoms with Crippen LogP contribution in [0.25, 0.3) is 0 Å². The Morgan fingerprint density at radius 1 is 0.889 bits per heavy atom. The van der Waals surface area contributed by atoms with E-state index in [1.807, 2.05) is 6.07 Å². The molecule has 2 aromatic rings. The lowest BCUT2D eigenvalue weighted by atomic mass is 10.1. The first kappa shape index (κ1) is 19.4. The van der Waals surface area contributed by atoms with Gasteiger partial charge in [0.2, 0.25) is 5.75 Å². The van der Waals surface area contributed by atoms with Crippen molar-refractivity contribution in [3.8, 4) is 17.2 Å². The van der Waals surface area contributed by atoms with Gasteiger partial charge >= 0.3 is 0 Å². The van der Waals surface area contributed by atoms with Gasteiger partial charge in [-0.05, 0) is 32.0 Å². The Morgan fingerprint density at radius 2 is 1.59 bits per heavy atom. The van der Waals surface area contributed by atoms with E-state index in [1.54, 1.807) is 21.3 Å². The first-order valence-electron chi connectivity index (χ1n) is 9.41. The molecule has 0 saturated carbocycles. The highest BCUT2D eigenvalue weighted by Crippen LogP contribution is 2.40. The molecule has 1 aliphatic heterocycles. The molecule has 0 aromatic heterocycles. The molecule has 1 fully saturated rings. The number of hydrogen-bond donors (Lipinski definition) is 0. The molecule has 0 amide bonds. The molecule has 0 radical (unpaired) electrons. The highest BCUT2D eigenvalue weighted by atomic mass is 16.5. The van der Waals surface area contributed by atoms with E-state index < -0.39 is 0 Å². The van der Waals surface area contributed by atoms with E-state index >= 15 is 0 Å². The van der Waals surface area contributed by atoms with Crippen molar-refractivity contribution < 1.29 is 14.2 Å². The summed E-state index contributed by atoms with van der Waals surface area (Å²) in [6.07, 6.45) is 0. The van der Waals surface area contributed by atoms with Crippen LogP contribution in [0.4, 0.5) is 5.69 Å². The molecule has 1 aliphatic rings. The summed E-state index contributed by atoms with van der Waals surface area (Å²) in [5.74, 6) is 2.10. The highest BCUT2D eigenvalue weighted by Gasteiger charge is 2.25. The van der Waals surface area contributed by atoms with Gasteiger partial charge in [-0.3, -0.25) is 4.90 Å². The lowest BCUT2D eigenvalue weighted by Gasteiger charge is -2.41. The van der Waals surface area contributed by atoms with E-state index in [1.165, 1.54) is 11.3 Å². The van der Waals surface area contributed by atoms with Crippen LogP contribution in [0.5, 0.6) is 17.2 Å². The van der Waals surface area contributed by atoms with Crippen molar-refractivity contribution in [3.63, 3.8) is 0 Å². The monoisotopic (exact) mass is 370 g/mol. The molecule has 3 rings (SSSR count). The summed E-state index contributed by atoms with van der Waals surface area (Å²) in [4.78, 5) is 4.96. The molecule has 5 nitrogen and oxygen atoms in total. The van der Waals surface area contributed by atoms with Crippen molar-refractivity contribution in [3.05, 3.63) is 47.5 Å².